The van der Waals surface area contributed by atoms with Crippen LogP contribution in [-0.2, 0) is 10.0 Å². The van der Waals surface area contributed by atoms with Crippen molar-refractivity contribution in [2.75, 3.05) is 27.2 Å². The van der Waals surface area contributed by atoms with E-state index in [-0.39, 0.29) is 16.8 Å². The lowest BCUT2D eigenvalue weighted by Crippen LogP contribution is -2.39. The molecule has 0 radical (unpaired) electrons. The van der Waals surface area contributed by atoms with Crippen molar-refractivity contribution < 1.29 is 13.2 Å². The Balaban J connectivity index is 1.66. The third-order valence-electron chi connectivity index (χ3n) is 4.39. The standard InChI is InChI=1S/C16H21N5O3S/c1-19(2)25(23,24)15-5-3-13(4-6-15)16(22)20-11-7-14(8-12-20)21-17-9-10-18-21/h3-6,9-10,14H,7-8,11-12H2,1-2H3. The van der Waals surface area contributed by atoms with Crippen molar-refractivity contribution in [3.8, 4) is 0 Å². The molecule has 9 heteroatoms. The van der Waals surface area contributed by atoms with Crippen LogP contribution < -0.4 is 0 Å². The molecule has 8 nitrogen and oxygen atoms in total. The quantitative estimate of drug-likeness (QED) is 0.809. The Morgan fingerprint density at radius 3 is 2.16 bits per heavy atom. The summed E-state index contributed by atoms with van der Waals surface area (Å²) < 4.78 is 25.3. The van der Waals surface area contributed by atoms with Gasteiger partial charge in [0.1, 0.15) is 0 Å². The number of hydrogen-bond donors (Lipinski definition) is 0. The normalized spacial score (nSPS) is 16.4. The van der Waals surface area contributed by atoms with E-state index in [9.17, 15) is 13.2 Å². The minimum Gasteiger partial charge on any atom is -0.338 e. The number of hydrogen-bond acceptors (Lipinski definition) is 5. The van der Waals surface area contributed by atoms with Gasteiger partial charge in [-0.05, 0) is 37.1 Å². The Labute approximate surface area is 147 Å². The molecule has 1 saturated heterocycles. The Kier molecular flexibility index (Phi) is 4.87. The van der Waals surface area contributed by atoms with Crippen molar-refractivity contribution in [3.05, 3.63) is 42.2 Å². The van der Waals surface area contributed by atoms with Gasteiger partial charge in [-0.3, -0.25) is 4.79 Å². The van der Waals surface area contributed by atoms with Crippen molar-refractivity contribution in [3.63, 3.8) is 0 Å². The second kappa shape index (κ2) is 6.93. The summed E-state index contributed by atoms with van der Waals surface area (Å²) >= 11 is 0. The molecule has 0 spiro atoms. The predicted octanol–water partition coefficient (Wildman–Crippen LogP) is 1.01. The van der Waals surface area contributed by atoms with Crippen LogP contribution in [0.4, 0.5) is 0 Å². The Hall–Kier alpha value is -2.26. The first-order valence-electron chi connectivity index (χ1n) is 8.07. The maximum absolute atomic E-state index is 12.6. The number of piperidine rings is 1. The Morgan fingerprint density at radius 1 is 1.08 bits per heavy atom. The molecule has 1 aromatic carbocycles. The van der Waals surface area contributed by atoms with E-state index in [0.29, 0.717) is 18.7 Å². The summed E-state index contributed by atoms with van der Waals surface area (Å²) in [6.45, 7) is 1.26. The highest BCUT2D eigenvalue weighted by molar-refractivity contribution is 7.89. The van der Waals surface area contributed by atoms with Crippen molar-refractivity contribution >= 4 is 15.9 Å². The van der Waals surface area contributed by atoms with Crippen molar-refractivity contribution in [1.82, 2.24) is 24.2 Å². The topological polar surface area (TPSA) is 88.4 Å². The monoisotopic (exact) mass is 363 g/mol. The van der Waals surface area contributed by atoms with Gasteiger partial charge >= 0.3 is 0 Å². The predicted molar refractivity (Wildman–Crippen MR) is 91.5 cm³/mol. The first-order chi connectivity index (χ1) is 11.9. The third kappa shape index (κ3) is 3.57. The van der Waals surface area contributed by atoms with Gasteiger partial charge in [0, 0.05) is 32.7 Å². The van der Waals surface area contributed by atoms with Gasteiger partial charge in [0.2, 0.25) is 10.0 Å². The summed E-state index contributed by atoms with van der Waals surface area (Å²) in [6, 6.07) is 6.30. The lowest BCUT2D eigenvalue weighted by atomic mass is 10.0. The summed E-state index contributed by atoms with van der Waals surface area (Å²) in [5, 5.41) is 8.31. The first-order valence-corrected chi connectivity index (χ1v) is 9.51. The number of nitrogens with zero attached hydrogens (tertiary/aromatic N) is 5. The van der Waals surface area contributed by atoms with Crippen LogP contribution in [0.2, 0.25) is 0 Å². The van der Waals surface area contributed by atoms with E-state index in [0.717, 1.165) is 17.1 Å². The molecule has 134 valence electrons. The molecule has 2 aromatic rings. The Bertz CT molecular complexity index is 823. The van der Waals surface area contributed by atoms with E-state index in [1.54, 1.807) is 34.2 Å². The van der Waals surface area contributed by atoms with E-state index < -0.39 is 10.0 Å². The molecule has 2 heterocycles. The number of carbonyl (C=O) groups excluding carboxylic acids is 1. The van der Waals surface area contributed by atoms with Crippen LogP contribution in [0.3, 0.4) is 0 Å². The smallest absolute Gasteiger partial charge is 0.253 e. The third-order valence-corrected chi connectivity index (χ3v) is 6.22. The number of sulfonamides is 1. The molecule has 1 fully saturated rings. The molecule has 25 heavy (non-hydrogen) atoms. The average molecular weight is 363 g/mol. The molecular formula is C16H21N5O3S. The highest BCUT2D eigenvalue weighted by Crippen LogP contribution is 2.22. The fourth-order valence-electron chi connectivity index (χ4n) is 2.88. The molecular weight excluding hydrogens is 342 g/mol. The van der Waals surface area contributed by atoms with Crippen LogP contribution in [0.15, 0.2) is 41.6 Å². The van der Waals surface area contributed by atoms with Crippen LogP contribution >= 0.6 is 0 Å². The Morgan fingerprint density at radius 2 is 1.64 bits per heavy atom. The zero-order chi connectivity index (χ0) is 18.0. The van der Waals surface area contributed by atoms with Crippen LogP contribution in [0.5, 0.6) is 0 Å². The van der Waals surface area contributed by atoms with Crippen LogP contribution in [-0.4, -0.2) is 65.7 Å². The van der Waals surface area contributed by atoms with E-state index in [2.05, 4.69) is 10.2 Å². The van der Waals surface area contributed by atoms with Gasteiger partial charge in [0.15, 0.2) is 0 Å². The van der Waals surface area contributed by atoms with Crippen LogP contribution in [0.1, 0.15) is 29.2 Å². The molecule has 0 aliphatic carbocycles. The number of benzene rings is 1. The molecule has 1 aliphatic heterocycles. The van der Waals surface area contributed by atoms with Gasteiger partial charge in [-0.15, -0.1) is 0 Å². The fraction of sp³-hybridized carbons (Fsp3) is 0.438. The van der Waals surface area contributed by atoms with Gasteiger partial charge < -0.3 is 4.90 Å². The summed E-state index contributed by atoms with van der Waals surface area (Å²) in [4.78, 5) is 16.3. The van der Waals surface area contributed by atoms with Gasteiger partial charge in [0.25, 0.3) is 5.91 Å². The lowest BCUT2D eigenvalue weighted by molar-refractivity contribution is 0.0683. The molecule has 1 amide bonds. The summed E-state index contributed by atoms with van der Waals surface area (Å²) in [7, 11) is -0.526. The van der Waals surface area contributed by atoms with Gasteiger partial charge in [-0.1, -0.05) is 0 Å². The molecule has 0 saturated carbocycles. The zero-order valence-electron chi connectivity index (χ0n) is 14.2. The summed E-state index contributed by atoms with van der Waals surface area (Å²) in [5.41, 5.74) is 0.494. The molecule has 0 bridgehead atoms. The van der Waals surface area contributed by atoms with Gasteiger partial charge in [0.05, 0.1) is 23.3 Å². The second-order valence-electron chi connectivity index (χ2n) is 6.18. The van der Waals surface area contributed by atoms with E-state index >= 15 is 0 Å². The van der Waals surface area contributed by atoms with Gasteiger partial charge in [-0.25, -0.2) is 12.7 Å². The molecule has 0 N–H and O–H groups in total. The summed E-state index contributed by atoms with van der Waals surface area (Å²) in [6.07, 6.45) is 4.91. The number of rotatable bonds is 4. The number of aromatic nitrogens is 3. The second-order valence-corrected chi connectivity index (χ2v) is 8.34. The highest BCUT2D eigenvalue weighted by atomic mass is 32.2. The number of amides is 1. The van der Waals surface area contributed by atoms with Crippen LogP contribution in [0, 0.1) is 0 Å². The molecule has 1 aliphatic rings. The average Bonchev–Trinajstić information content (AvgIpc) is 3.16. The first kappa shape index (κ1) is 17.6. The highest BCUT2D eigenvalue weighted by Gasteiger charge is 2.26. The number of likely N-dealkylation sites (tertiary alicyclic amines) is 1. The lowest BCUT2D eigenvalue weighted by Gasteiger charge is -2.31. The fourth-order valence-corrected chi connectivity index (χ4v) is 3.78. The zero-order valence-corrected chi connectivity index (χ0v) is 15.1. The minimum absolute atomic E-state index is 0.0827. The molecule has 3 rings (SSSR count). The molecule has 0 atom stereocenters. The minimum atomic E-state index is -3.48. The van der Waals surface area contributed by atoms with E-state index in [1.807, 2.05) is 0 Å². The van der Waals surface area contributed by atoms with Crippen molar-refractivity contribution in [2.45, 2.75) is 23.8 Å². The maximum Gasteiger partial charge on any atom is 0.253 e. The molecule has 1 aromatic heterocycles. The van der Waals surface area contributed by atoms with E-state index in [1.165, 1.54) is 26.2 Å². The SMILES string of the molecule is CN(C)S(=O)(=O)c1ccc(C(=O)N2CCC(n3nccn3)CC2)cc1. The van der Waals surface area contributed by atoms with Crippen molar-refractivity contribution in [2.24, 2.45) is 0 Å². The van der Waals surface area contributed by atoms with Gasteiger partial charge in [-0.2, -0.15) is 15.0 Å². The maximum atomic E-state index is 12.6. The molecule has 0 unspecified atom stereocenters. The van der Waals surface area contributed by atoms with Crippen molar-refractivity contribution in [1.29, 1.82) is 0 Å². The summed E-state index contributed by atoms with van der Waals surface area (Å²) in [5.74, 6) is -0.0827. The van der Waals surface area contributed by atoms with Crippen LogP contribution in [0.25, 0.3) is 0 Å². The van der Waals surface area contributed by atoms with E-state index in [4.69, 9.17) is 0 Å². The number of carbonyl (C=O) groups is 1. The largest absolute Gasteiger partial charge is 0.338 e.